The molecule has 130 valence electrons. The number of benzene rings is 1. The number of fused-ring (bicyclic) bond motifs is 1. The van der Waals surface area contributed by atoms with Crippen LogP contribution in [0.3, 0.4) is 0 Å². The number of anilines is 1. The smallest absolute Gasteiger partial charge is 0.248 e. The molecule has 1 aromatic carbocycles. The third-order valence-corrected chi connectivity index (χ3v) is 8.00. The Bertz CT molecular complexity index is 779. The minimum atomic E-state index is -3.03. The van der Waals surface area contributed by atoms with Crippen LogP contribution in [0.5, 0.6) is 0 Å². The average Bonchev–Trinajstić information content (AvgIpc) is 2.96. The number of hydrogen-bond acceptors (Lipinski definition) is 4. The van der Waals surface area contributed by atoms with Crippen LogP contribution < -0.4 is 4.90 Å². The van der Waals surface area contributed by atoms with Crippen molar-refractivity contribution in [2.75, 3.05) is 16.4 Å². The van der Waals surface area contributed by atoms with Gasteiger partial charge in [-0.2, -0.15) is 4.99 Å². The number of carbonyl (C=O) groups is 1. The topological polar surface area (TPSA) is 66.8 Å². The second-order valence-corrected chi connectivity index (χ2v) is 10.6. The molecule has 24 heavy (non-hydrogen) atoms. The van der Waals surface area contributed by atoms with Gasteiger partial charge in [-0.1, -0.05) is 31.2 Å². The van der Waals surface area contributed by atoms with E-state index in [0.29, 0.717) is 11.6 Å². The summed E-state index contributed by atoms with van der Waals surface area (Å²) >= 11 is 3.66. The van der Waals surface area contributed by atoms with Gasteiger partial charge in [0, 0.05) is 20.9 Å². The van der Waals surface area contributed by atoms with E-state index < -0.39 is 9.84 Å². The first-order chi connectivity index (χ1) is 11.4. The lowest BCUT2D eigenvalue weighted by atomic mass is 10.2. The predicted molar refractivity (Wildman–Crippen MR) is 107 cm³/mol. The van der Waals surface area contributed by atoms with Crippen molar-refractivity contribution in [3.8, 4) is 0 Å². The normalized spacial score (nSPS) is 26.8. The highest BCUT2D eigenvalue weighted by molar-refractivity contribution is 14.1. The summed E-state index contributed by atoms with van der Waals surface area (Å²) in [5, 5.41) is 0.591. The monoisotopic (exact) mass is 478 g/mol. The quantitative estimate of drug-likeness (QED) is 0.623. The van der Waals surface area contributed by atoms with Crippen molar-refractivity contribution in [1.82, 2.24) is 0 Å². The molecule has 2 aliphatic heterocycles. The zero-order valence-electron chi connectivity index (χ0n) is 13.3. The molecular weight excluding hydrogens is 459 g/mol. The Morgan fingerprint density at radius 3 is 2.92 bits per heavy atom. The SMILES string of the molecule is CCCCC(=O)N=C1SC2CS(=O)(=O)CC2N1c1cccc(I)c1. The summed E-state index contributed by atoms with van der Waals surface area (Å²) in [6.07, 6.45) is 2.22. The second kappa shape index (κ2) is 7.33. The fraction of sp³-hybridized carbons (Fsp3) is 0.500. The lowest BCUT2D eigenvalue weighted by molar-refractivity contribution is -0.117. The van der Waals surface area contributed by atoms with Crippen molar-refractivity contribution in [3.63, 3.8) is 0 Å². The van der Waals surface area contributed by atoms with E-state index in [1.807, 2.05) is 36.1 Å². The van der Waals surface area contributed by atoms with Crippen molar-refractivity contribution < 1.29 is 13.2 Å². The highest BCUT2D eigenvalue weighted by Gasteiger charge is 2.49. The molecule has 2 atom stereocenters. The molecule has 2 saturated heterocycles. The van der Waals surface area contributed by atoms with Crippen molar-refractivity contribution in [1.29, 1.82) is 0 Å². The third-order valence-electron chi connectivity index (χ3n) is 4.12. The van der Waals surface area contributed by atoms with Gasteiger partial charge < -0.3 is 4.90 Å². The van der Waals surface area contributed by atoms with Crippen LogP contribution in [0.4, 0.5) is 5.69 Å². The van der Waals surface area contributed by atoms with Gasteiger partial charge in [-0.05, 0) is 47.2 Å². The van der Waals surface area contributed by atoms with E-state index >= 15 is 0 Å². The summed E-state index contributed by atoms with van der Waals surface area (Å²) in [6, 6.07) is 7.73. The first kappa shape index (κ1) is 18.2. The first-order valence-corrected chi connectivity index (χ1v) is 11.7. The van der Waals surface area contributed by atoms with Gasteiger partial charge in [0.05, 0.1) is 17.5 Å². The Morgan fingerprint density at radius 1 is 1.42 bits per heavy atom. The number of nitrogens with zero attached hydrogens (tertiary/aromatic N) is 2. The van der Waals surface area contributed by atoms with Gasteiger partial charge in [0.2, 0.25) is 5.91 Å². The molecule has 2 heterocycles. The van der Waals surface area contributed by atoms with E-state index in [9.17, 15) is 13.2 Å². The number of sulfone groups is 1. The third kappa shape index (κ3) is 3.96. The molecule has 2 unspecified atom stereocenters. The lowest BCUT2D eigenvalue weighted by Gasteiger charge is -2.24. The summed E-state index contributed by atoms with van der Waals surface area (Å²) in [4.78, 5) is 18.4. The maximum absolute atomic E-state index is 12.1. The second-order valence-electron chi connectivity index (χ2n) is 6.04. The Morgan fingerprint density at radius 2 is 2.21 bits per heavy atom. The molecule has 0 radical (unpaired) electrons. The van der Waals surface area contributed by atoms with Gasteiger partial charge in [-0.3, -0.25) is 4.79 Å². The average molecular weight is 478 g/mol. The molecule has 1 amide bonds. The standard InChI is InChI=1S/C16H19IN2O3S2/c1-2-3-7-15(20)18-16-19(12-6-4-5-11(17)8-12)13-9-24(21,22)10-14(13)23-16/h4-6,8,13-14H,2-3,7,9-10H2,1H3. The van der Waals surface area contributed by atoms with Gasteiger partial charge in [-0.15, -0.1) is 0 Å². The summed E-state index contributed by atoms with van der Waals surface area (Å²) in [6.45, 7) is 2.04. The van der Waals surface area contributed by atoms with Gasteiger partial charge in [0.25, 0.3) is 0 Å². The minimum Gasteiger partial charge on any atom is -0.316 e. The van der Waals surface area contributed by atoms with Gasteiger partial charge in [-0.25, -0.2) is 8.42 Å². The number of hydrogen-bond donors (Lipinski definition) is 0. The Balaban J connectivity index is 1.94. The van der Waals surface area contributed by atoms with Gasteiger partial charge in [0.1, 0.15) is 0 Å². The molecule has 8 heteroatoms. The molecule has 0 spiro atoms. The summed E-state index contributed by atoms with van der Waals surface area (Å²) in [7, 11) is -3.03. The Labute approximate surface area is 160 Å². The van der Waals surface area contributed by atoms with Gasteiger partial charge in [0.15, 0.2) is 15.0 Å². The summed E-state index contributed by atoms with van der Waals surface area (Å²) < 4.78 is 25.1. The van der Waals surface area contributed by atoms with Crippen LogP contribution in [0.2, 0.25) is 0 Å². The van der Waals surface area contributed by atoms with Gasteiger partial charge >= 0.3 is 0 Å². The maximum Gasteiger partial charge on any atom is 0.248 e. The highest BCUT2D eigenvalue weighted by atomic mass is 127. The van der Waals surface area contributed by atoms with Crippen molar-refractivity contribution in [2.45, 2.75) is 37.5 Å². The molecule has 5 nitrogen and oxygen atoms in total. The molecule has 0 aromatic heterocycles. The van der Waals surface area contributed by atoms with E-state index in [4.69, 9.17) is 0 Å². The van der Waals surface area contributed by atoms with Crippen molar-refractivity contribution in [2.24, 2.45) is 4.99 Å². The van der Waals surface area contributed by atoms with E-state index in [1.165, 1.54) is 11.8 Å². The number of amides is 1. The molecule has 0 bridgehead atoms. The number of halogens is 1. The summed E-state index contributed by atoms with van der Waals surface area (Å²) in [5.74, 6) is 0.154. The zero-order valence-corrected chi connectivity index (χ0v) is 17.1. The minimum absolute atomic E-state index is 0.0504. The molecule has 0 aliphatic carbocycles. The fourth-order valence-electron chi connectivity index (χ4n) is 2.98. The molecule has 2 fully saturated rings. The number of unbranched alkanes of at least 4 members (excludes halogenated alkanes) is 1. The Hall–Kier alpha value is -0.610. The lowest BCUT2D eigenvalue weighted by Crippen LogP contribution is -2.37. The fourth-order valence-corrected chi connectivity index (χ4v) is 7.44. The molecule has 3 rings (SSSR count). The molecular formula is C16H19IN2O3S2. The van der Waals surface area contributed by atoms with Crippen LogP contribution in [-0.2, 0) is 14.6 Å². The molecule has 2 aliphatic rings. The molecule has 0 N–H and O–H groups in total. The number of thioether (sulfide) groups is 1. The molecule has 0 saturated carbocycles. The van der Waals surface area contributed by atoms with E-state index in [1.54, 1.807) is 0 Å². The predicted octanol–water partition coefficient (Wildman–Crippen LogP) is 3.08. The first-order valence-electron chi connectivity index (χ1n) is 7.93. The van der Waals surface area contributed by atoms with E-state index in [-0.39, 0.29) is 28.7 Å². The number of carbonyl (C=O) groups excluding carboxylic acids is 1. The number of amidine groups is 1. The number of aliphatic imine (C=N–C) groups is 1. The maximum atomic E-state index is 12.1. The van der Waals surface area contributed by atoms with E-state index in [0.717, 1.165) is 22.1 Å². The zero-order chi connectivity index (χ0) is 17.3. The van der Waals surface area contributed by atoms with Crippen LogP contribution in [-0.4, -0.2) is 42.3 Å². The largest absolute Gasteiger partial charge is 0.316 e. The summed E-state index contributed by atoms with van der Waals surface area (Å²) in [5.41, 5.74) is 0.904. The number of rotatable bonds is 4. The van der Waals surface area contributed by atoms with Crippen molar-refractivity contribution >= 4 is 61.0 Å². The highest BCUT2D eigenvalue weighted by Crippen LogP contribution is 2.41. The van der Waals surface area contributed by atoms with Crippen molar-refractivity contribution in [3.05, 3.63) is 27.8 Å². The van der Waals surface area contributed by atoms with E-state index in [2.05, 4.69) is 27.6 Å². The van der Waals surface area contributed by atoms with Crippen LogP contribution >= 0.6 is 34.4 Å². The Kier molecular flexibility index (Phi) is 5.55. The van der Waals surface area contributed by atoms with Crippen LogP contribution in [0, 0.1) is 3.57 Å². The molecule has 1 aromatic rings. The van der Waals surface area contributed by atoms with Crippen LogP contribution in [0.25, 0.3) is 0 Å². The van der Waals surface area contributed by atoms with Crippen LogP contribution in [0.15, 0.2) is 29.3 Å². The van der Waals surface area contributed by atoms with Crippen LogP contribution in [0.1, 0.15) is 26.2 Å².